The number of carbonyl (C=O) groups is 1. The number of hydrogen-bond acceptors (Lipinski definition) is 3. The van der Waals surface area contributed by atoms with E-state index < -0.39 is 10.0 Å². The summed E-state index contributed by atoms with van der Waals surface area (Å²) in [6, 6.07) is 18.8. The van der Waals surface area contributed by atoms with Crippen molar-refractivity contribution < 1.29 is 13.2 Å². The van der Waals surface area contributed by atoms with E-state index in [0.717, 1.165) is 12.8 Å². The highest BCUT2D eigenvalue weighted by molar-refractivity contribution is 7.89. The molecule has 0 aliphatic carbocycles. The SMILES string of the molecule is C[C@@H](CCc1ccccc1)NC(=O)C1CCN(S(=O)(=O)c2ccccc2)CC1. The quantitative estimate of drug-likeness (QED) is 0.776. The molecular formula is C22H28N2O3S. The smallest absolute Gasteiger partial charge is 0.243 e. The zero-order valence-electron chi connectivity index (χ0n) is 16.3. The predicted octanol–water partition coefficient (Wildman–Crippen LogP) is 3.22. The van der Waals surface area contributed by atoms with Crippen LogP contribution >= 0.6 is 0 Å². The maximum absolute atomic E-state index is 12.7. The van der Waals surface area contributed by atoms with Crippen LogP contribution in [0, 0.1) is 5.92 Å². The molecule has 1 amide bonds. The molecule has 1 atom stereocenters. The van der Waals surface area contributed by atoms with Gasteiger partial charge in [0.1, 0.15) is 0 Å². The van der Waals surface area contributed by atoms with E-state index in [0.29, 0.717) is 30.8 Å². The summed E-state index contributed by atoms with van der Waals surface area (Å²) in [4.78, 5) is 12.9. The van der Waals surface area contributed by atoms with E-state index in [1.165, 1.54) is 9.87 Å². The Balaban J connectivity index is 1.47. The van der Waals surface area contributed by atoms with Gasteiger partial charge in [0, 0.05) is 25.0 Å². The van der Waals surface area contributed by atoms with E-state index in [1.807, 2.05) is 25.1 Å². The summed E-state index contributed by atoms with van der Waals surface area (Å²) in [5, 5.41) is 3.10. The molecule has 3 rings (SSSR count). The molecule has 5 nitrogen and oxygen atoms in total. The van der Waals surface area contributed by atoms with Gasteiger partial charge in [-0.2, -0.15) is 4.31 Å². The minimum atomic E-state index is -3.47. The second-order valence-corrected chi connectivity index (χ2v) is 9.36. The van der Waals surface area contributed by atoms with Crippen LogP contribution in [-0.2, 0) is 21.2 Å². The highest BCUT2D eigenvalue weighted by atomic mass is 32.2. The first-order valence-electron chi connectivity index (χ1n) is 9.86. The Hall–Kier alpha value is -2.18. The van der Waals surface area contributed by atoms with Crippen molar-refractivity contribution in [2.45, 2.75) is 43.5 Å². The molecule has 0 radical (unpaired) electrons. The lowest BCUT2D eigenvalue weighted by Gasteiger charge is -2.31. The van der Waals surface area contributed by atoms with Crippen LogP contribution in [0.3, 0.4) is 0 Å². The Morgan fingerprint density at radius 1 is 1.04 bits per heavy atom. The Bertz CT molecular complexity index is 861. The van der Waals surface area contributed by atoms with Gasteiger partial charge in [0.15, 0.2) is 0 Å². The maximum Gasteiger partial charge on any atom is 0.243 e. The summed E-state index contributed by atoms with van der Waals surface area (Å²) in [5.74, 6) is -0.0845. The van der Waals surface area contributed by atoms with Crippen LogP contribution in [0.15, 0.2) is 65.6 Å². The number of carbonyl (C=O) groups excluding carboxylic acids is 1. The predicted molar refractivity (Wildman–Crippen MR) is 110 cm³/mol. The first-order chi connectivity index (χ1) is 13.5. The fourth-order valence-corrected chi connectivity index (χ4v) is 5.05. The summed E-state index contributed by atoms with van der Waals surface area (Å²) < 4.78 is 26.9. The van der Waals surface area contributed by atoms with Crippen LogP contribution in [0.1, 0.15) is 31.7 Å². The topological polar surface area (TPSA) is 66.5 Å². The van der Waals surface area contributed by atoms with Crippen LogP contribution in [0.5, 0.6) is 0 Å². The van der Waals surface area contributed by atoms with Crippen LogP contribution in [0.25, 0.3) is 0 Å². The molecule has 1 fully saturated rings. The molecule has 0 bridgehead atoms. The molecule has 1 aliphatic heterocycles. The third-order valence-electron chi connectivity index (χ3n) is 5.30. The molecule has 150 valence electrons. The Morgan fingerprint density at radius 3 is 2.21 bits per heavy atom. The van der Waals surface area contributed by atoms with Gasteiger partial charge in [-0.1, -0.05) is 48.5 Å². The van der Waals surface area contributed by atoms with Crippen LogP contribution < -0.4 is 5.32 Å². The normalized spacial score (nSPS) is 17.2. The van der Waals surface area contributed by atoms with Crippen molar-refractivity contribution in [1.82, 2.24) is 9.62 Å². The molecule has 1 saturated heterocycles. The van der Waals surface area contributed by atoms with Gasteiger partial charge in [0.2, 0.25) is 15.9 Å². The van der Waals surface area contributed by atoms with Crippen molar-refractivity contribution in [3.63, 3.8) is 0 Å². The third-order valence-corrected chi connectivity index (χ3v) is 7.22. The number of hydrogen-bond donors (Lipinski definition) is 1. The van der Waals surface area contributed by atoms with Crippen molar-refractivity contribution in [1.29, 1.82) is 0 Å². The number of amides is 1. The van der Waals surface area contributed by atoms with Gasteiger partial charge in [-0.05, 0) is 50.3 Å². The lowest BCUT2D eigenvalue weighted by molar-refractivity contribution is -0.126. The second-order valence-electron chi connectivity index (χ2n) is 7.43. The standard InChI is InChI=1S/C22H28N2O3S/c1-18(12-13-19-8-4-2-5-9-19)23-22(25)20-14-16-24(17-15-20)28(26,27)21-10-6-3-7-11-21/h2-11,18,20H,12-17H2,1H3,(H,23,25)/t18-/m0/s1. The molecule has 28 heavy (non-hydrogen) atoms. The lowest BCUT2D eigenvalue weighted by atomic mass is 9.96. The summed E-state index contributed by atoms with van der Waals surface area (Å²) >= 11 is 0. The second kappa shape index (κ2) is 9.34. The van der Waals surface area contributed by atoms with Crippen molar-refractivity contribution in [3.05, 3.63) is 66.2 Å². The number of aryl methyl sites for hydroxylation is 1. The molecule has 0 aromatic heterocycles. The zero-order valence-corrected chi connectivity index (χ0v) is 17.1. The van der Waals surface area contributed by atoms with Crippen LogP contribution in [-0.4, -0.2) is 37.8 Å². The lowest BCUT2D eigenvalue weighted by Crippen LogP contribution is -2.44. The number of benzene rings is 2. The van der Waals surface area contributed by atoms with E-state index in [2.05, 4.69) is 17.4 Å². The fourth-order valence-electron chi connectivity index (χ4n) is 3.56. The maximum atomic E-state index is 12.7. The number of nitrogens with zero attached hydrogens (tertiary/aromatic N) is 1. The Labute approximate surface area is 167 Å². The van der Waals surface area contributed by atoms with Gasteiger partial charge < -0.3 is 5.32 Å². The monoisotopic (exact) mass is 400 g/mol. The van der Waals surface area contributed by atoms with Gasteiger partial charge in [0.05, 0.1) is 4.90 Å². The van der Waals surface area contributed by atoms with Gasteiger partial charge in [-0.15, -0.1) is 0 Å². The van der Waals surface area contributed by atoms with Crippen molar-refractivity contribution >= 4 is 15.9 Å². The summed E-state index contributed by atoms with van der Waals surface area (Å²) in [5.41, 5.74) is 1.27. The van der Waals surface area contributed by atoms with Crippen molar-refractivity contribution in [2.75, 3.05) is 13.1 Å². The molecule has 6 heteroatoms. The average Bonchev–Trinajstić information content (AvgIpc) is 2.73. The van der Waals surface area contributed by atoms with E-state index >= 15 is 0 Å². The molecular weight excluding hydrogens is 372 g/mol. The van der Waals surface area contributed by atoms with Crippen LogP contribution in [0.4, 0.5) is 0 Å². The fraction of sp³-hybridized carbons (Fsp3) is 0.409. The van der Waals surface area contributed by atoms with Gasteiger partial charge in [0.25, 0.3) is 0 Å². The van der Waals surface area contributed by atoms with Crippen molar-refractivity contribution in [2.24, 2.45) is 5.92 Å². The molecule has 1 N–H and O–H groups in total. The molecule has 1 aliphatic rings. The van der Waals surface area contributed by atoms with Gasteiger partial charge >= 0.3 is 0 Å². The van der Waals surface area contributed by atoms with E-state index in [9.17, 15) is 13.2 Å². The molecule has 1 heterocycles. The molecule has 0 saturated carbocycles. The molecule has 2 aromatic rings. The number of rotatable bonds is 7. The van der Waals surface area contributed by atoms with E-state index in [-0.39, 0.29) is 17.9 Å². The number of piperidine rings is 1. The summed E-state index contributed by atoms with van der Waals surface area (Å²) in [7, 11) is -3.47. The highest BCUT2D eigenvalue weighted by Crippen LogP contribution is 2.24. The molecule has 0 unspecified atom stereocenters. The molecule has 2 aromatic carbocycles. The van der Waals surface area contributed by atoms with E-state index in [1.54, 1.807) is 30.3 Å². The van der Waals surface area contributed by atoms with E-state index in [4.69, 9.17) is 0 Å². The largest absolute Gasteiger partial charge is 0.353 e. The average molecular weight is 401 g/mol. The number of sulfonamides is 1. The first kappa shape index (κ1) is 20.6. The first-order valence-corrected chi connectivity index (χ1v) is 11.3. The minimum Gasteiger partial charge on any atom is -0.353 e. The summed E-state index contributed by atoms with van der Waals surface area (Å²) in [6.45, 7) is 2.79. The molecule has 0 spiro atoms. The number of nitrogens with one attached hydrogen (secondary N) is 1. The van der Waals surface area contributed by atoms with Crippen molar-refractivity contribution in [3.8, 4) is 0 Å². The minimum absolute atomic E-state index is 0.0392. The van der Waals surface area contributed by atoms with Crippen LogP contribution in [0.2, 0.25) is 0 Å². The Kier molecular flexibility index (Phi) is 6.86. The Morgan fingerprint density at radius 2 is 1.61 bits per heavy atom. The summed E-state index contributed by atoms with van der Waals surface area (Å²) in [6.07, 6.45) is 2.93. The third kappa shape index (κ3) is 5.20. The van der Waals surface area contributed by atoms with Gasteiger partial charge in [-0.3, -0.25) is 4.79 Å². The zero-order chi connectivity index (χ0) is 20.0. The highest BCUT2D eigenvalue weighted by Gasteiger charge is 2.32. The van der Waals surface area contributed by atoms with Gasteiger partial charge in [-0.25, -0.2) is 8.42 Å².